The van der Waals surface area contributed by atoms with Crippen LogP contribution in [0.15, 0.2) is 33.5 Å². The predicted octanol–water partition coefficient (Wildman–Crippen LogP) is 2.53. The van der Waals surface area contributed by atoms with E-state index >= 15 is 0 Å². The Hall–Kier alpha value is -2.77. The van der Waals surface area contributed by atoms with Gasteiger partial charge in [-0.05, 0) is 26.0 Å². The van der Waals surface area contributed by atoms with E-state index in [4.69, 9.17) is 18.6 Å². The fourth-order valence-corrected chi connectivity index (χ4v) is 3.59. The number of aliphatic hydroxyl groups excluding tert-OH is 2. The van der Waals surface area contributed by atoms with Crippen LogP contribution in [0, 0.1) is 0 Å². The van der Waals surface area contributed by atoms with Crippen LogP contribution in [0.5, 0.6) is 17.2 Å². The average Bonchev–Trinajstić information content (AvgIpc) is 2.64. The molecule has 0 aliphatic carbocycles. The molecule has 2 aromatic carbocycles. The number of methoxy groups -OCH3 is 2. The van der Waals surface area contributed by atoms with Crippen LogP contribution in [0.2, 0.25) is 0 Å². The molecule has 27 heavy (non-hydrogen) atoms. The molecule has 3 aromatic rings. The van der Waals surface area contributed by atoms with Gasteiger partial charge in [-0.2, -0.15) is 0 Å². The van der Waals surface area contributed by atoms with Crippen LogP contribution in [0.25, 0.3) is 21.9 Å². The van der Waals surface area contributed by atoms with Crippen LogP contribution in [0.3, 0.4) is 0 Å². The summed E-state index contributed by atoms with van der Waals surface area (Å²) in [5.41, 5.74) is -0.565. The van der Waals surface area contributed by atoms with Crippen molar-refractivity contribution in [2.75, 3.05) is 14.2 Å². The van der Waals surface area contributed by atoms with Crippen molar-refractivity contribution in [2.45, 2.75) is 31.7 Å². The zero-order chi connectivity index (χ0) is 19.5. The smallest absolute Gasteiger partial charge is 0.204 e. The van der Waals surface area contributed by atoms with Crippen molar-refractivity contribution in [3.05, 3.63) is 40.1 Å². The molecule has 2 atom stereocenters. The van der Waals surface area contributed by atoms with Gasteiger partial charge < -0.3 is 28.8 Å². The minimum Gasteiger partial charge on any atom is -0.495 e. The van der Waals surface area contributed by atoms with Gasteiger partial charge in [-0.3, -0.25) is 4.79 Å². The molecular formula is C20H20O7. The normalized spacial score (nSPS) is 21.0. The van der Waals surface area contributed by atoms with Gasteiger partial charge in [0.2, 0.25) is 5.43 Å². The van der Waals surface area contributed by atoms with Crippen LogP contribution in [-0.4, -0.2) is 36.1 Å². The van der Waals surface area contributed by atoms with Crippen LogP contribution < -0.4 is 19.6 Å². The molecule has 142 valence electrons. The van der Waals surface area contributed by atoms with Crippen molar-refractivity contribution < 1.29 is 28.8 Å². The highest BCUT2D eigenvalue weighted by atomic mass is 16.5. The number of benzene rings is 2. The van der Waals surface area contributed by atoms with Gasteiger partial charge in [-0.1, -0.05) is 6.07 Å². The van der Waals surface area contributed by atoms with Crippen LogP contribution in [-0.2, 0) is 0 Å². The summed E-state index contributed by atoms with van der Waals surface area (Å²) < 4.78 is 22.6. The standard InChI is InChI=1S/C20H20O7/c1-20(2)19(23)16(22)14-12(27-20)8-11-13(18(14)25-4)15(21)9-6-5-7-10(24-3)17(9)26-11/h5-8,16,19,22-23H,1-4H3/t16-,19-/m1/s1. The molecule has 0 bridgehead atoms. The number of aliphatic hydroxyl groups is 2. The van der Waals surface area contributed by atoms with E-state index in [1.54, 1.807) is 32.0 Å². The highest BCUT2D eigenvalue weighted by molar-refractivity contribution is 5.97. The Morgan fingerprint density at radius 3 is 2.56 bits per heavy atom. The SMILES string of the molecule is COc1cccc2c(=O)c3c(OC)c4c(cc3oc12)OC(C)(C)[C@H](O)[C@@H]4O. The summed E-state index contributed by atoms with van der Waals surface area (Å²) in [4.78, 5) is 13.2. The first-order valence-corrected chi connectivity index (χ1v) is 8.49. The molecule has 2 N–H and O–H groups in total. The van der Waals surface area contributed by atoms with E-state index in [-0.39, 0.29) is 27.7 Å². The van der Waals surface area contributed by atoms with E-state index < -0.39 is 17.8 Å². The van der Waals surface area contributed by atoms with E-state index in [0.717, 1.165) is 0 Å². The first-order chi connectivity index (χ1) is 12.8. The second-order valence-corrected chi connectivity index (χ2v) is 7.06. The lowest BCUT2D eigenvalue weighted by Gasteiger charge is -2.40. The third-order valence-corrected chi connectivity index (χ3v) is 5.01. The van der Waals surface area contributed by atoms with Crippen LogP contribution in [0.1, 0.15) is 25.5 Å². The Morgan fingerprint density at radius 1 is 1.15 bits per heavy atom. The van der Waals surface area contributed by atoms with Crippen LogP contribution >= 0.6 is 0 Å². The highest BCUT2D eigenvalue weighted by Crippen LogP contribution is 2.47. The molecule has 0 saturated carbocycles. The maximum Gasteiger partial charge on any atom is 0.204 e. The Balaban J connectivity index is 2.16. The van der Waals surface area contributed by atoms with Gasteiger partial charge in [0.15, 0.2) is 11.3 Å². The fourth-order valence-electron chi connectivity index (χ4n) is 3.59. The number of ether oxygens (including phenoxy) is 3. The van der Waals surface area contributed by atoms with Crippen molar-refractivity contribution in [2.24, 2.45) is 0 Å². The molecule has 7 nitrogen and oxygen atoms in total. The van der Waals surface area contributed by atoms with Crippen molar-refractivity contribution in [1.29, 1.82) is 0 Å². The van der Waals surface area contributed by atoms with E-state index in [0.29, 0.717) is 22.5 Å². The molecule has 0 saturated heterocycles. The summed E-state index contributed by atoms with van der Waals surface area (Å²) in [6.07, 6.45) is -2.47. The first-order valence-electron chi connectivity index (χ1n) is 8.49. The van der Waals surface area contributed by atoms with Gasteiger partial charge in [-0.25, -0.2) is 0 Å². The lowest BCUT2D eigenvalue weighted by atomic mass is 9.87. The quantitative estimate of drug-likeness (QED) is 0.667. The number of para-hydroxylation sites is 1. The van der Waals surface area contributed by atoms with E-state index in [1.165, 1.54) is 20.3 Å². The molecule has 7 heteroatoms. The van der Waals surface area contributed by atoms with E-state index in [1.807, 2.05) is 0 Å². The Kier molecular flexibility index (Phi) is 3.83. The highest BCUT2D eigenvalue weighted by Gasteiger charge is 2.44. The largest absolute Gasteiger partial charge is 0.495 e. The summed E-state index contributed by atoms with van der Waals surface area (Å²) in [5, 5.41) is 21.6. The molecule has 0 radical (unpaired) electrons. The van der Waals surface area contributed by atoms with Gasteiger partial charge in [0.25, 0.3) is 0 Å². The third-order valence-electron chi connectivity index (χ3n) is 5.01. The Labute approximate surface area is 154 Å². The lowest BCUT2D eigenvalue weighted by Crippen LogP contribution is -2.48. The van der Waals surface area contributed by atoms with Gasteiger partial charge in [-0.15, -0.1) is 0 Å². The van der Waals surface area contributed by atoms with Crippen molar-refractivity contribution >= 4 is 21.9 Å². The van der Waals surface area contributed by atoms with Gasteiger partial charge in [0.1, 0.15) is 40.3 Å². The molecule has 0 fully saturated rings. The minimum absolute atomic E-state index is 0.128. The number of fused-ring (bicyclic) bond motifs is 3. The number of rotatable bonds is 2. The molecule has 0 unspecified atom stereocenters. The van der Waals surface area contributed by atoms with Gasteiger partial charge in [0, 0.05) is 6.07 Å². The zero-order valence-corrected chi connectivity index (χ0v) is 15.4. The summed E-state index contributed by atoms with van der Waals surface area (Å²) >= 11 is 0. The molecule has 1 aliphatic rings. The summed E-state index contributed by atoms with van der Waals surface area (Å²) in [6.45, 7) is 3.33. The van der Waals surface area contributed by atoms with Gasteiger partial charge >= 0.3 is 0 Å². The van der Waals surface area contributed by atoms with Gasteiger partial charge in [0.05, 0.1) is 25.2 Å². The predicted molar refractivity (Wildman–Crippen MR) is 98.8 cm³/mol. The second kappa shape index (κ2) is 5.87. The summed E-state index contributed by atoms with van der Waals surface area (Å²) in [5.74, 6) is 0.850. The number of hydrogen-bond acceptors (Lipinski definition) is 7. The molecule has 1 aliphatic heterocycles. The van der Waals surface area contributed by atoms with E-state index in [2.05, 4.69) is 0 Å². The molecule has 1 aromatic heterocycles. The Bertz CT molecular complexity index is 1110. The monoisotopic (exact) mass is 372 g/mol. The van der Waals surface area contributed by atoms with Crippen molar-refractivity contribution in [3.8, 4) is 17.2 Å². The molecule has 0 spiro atoms. The fraction of sp³-hybridized carbons (Fsp3) is 0.350. The zero-order valence-electron chi connectivity index (χ0n) is 15.4. The topological polar surface area (TPSA) is 98.4 Å². The molecule has 4 rings (SSSR count). The third kappa shape index (κ3) is 2.39. The first kappa shape index (κ1) is 17.6. The number of hydrogen-bond donors (Lipinski definition) is 2. The molecule has 2 heterocycles. The lowest BCUT2D eigenvalue weighted by molar-refractivity contribution is -0.112. The van der Waals surface area contributed by atoms with Crippen molar-refractivity contribution in [1.82, 2.24) is 0 Å². The van der Waals surface area contributed by atoms with Crippen molar-refractivity contribution in [3.63, 3.8) is 0 Å². The second-order valence-electron chi connectivity index (χ2n) is 7.06. The molecule has 0 amide bonds. The van der Waals surface area contributed by atoms with Crippen LogP contribution in [0.4, 0.5) is 0 Å². The maximum atomic E-state index is 13.2. The molecular weight excluding hydrogens is 352 g/mol. The summed E-state index contributed by atoms with van der Waals surface area (Å²) in [7, 11) is 2.89. The van der Waals surface area contributed by atoms with E-state index in [9.17, 15) is 15.0 Å². The summed E-state index contributed by atoms with van der Waals surface area (Å²) in [6, 6.07) is 6.57. The Morgan fingerprint density at radius 2 is 1.89 bits per heavy atom. The average molecular weight is 372 g/mol. The minimum atomic E-state index is -1.27. The maximum absolute atomic E-state index is 13.2.